The molecule has 3 amide bonds. The molecular weight excluding hydrogens is 572 g/mol. The van der Waals surface area contributed by atoms with E-state index in [4.69, 9.17) is 11.0 Å². The van der Waals surface area contributed by atoms with Gasteiger partial charge in [-0.25, -0.2) is 13.2 Å². The van der Waals surface area contributed by atoms with E-state index in [1.807, 2.05) is 30.3 Å². The SMILES string of the molecule is Cl.[2H]C1([2H])N(C)C([2H])([2H])C([2H])([2H])N(C(=O)N[C@@H](Cc2ccccc2)C(=O)N[C@H](/C=C/S(=O)(=O)c2ccccc2)CCc2ccccc2)C1([2H])[2H]. The lowest BCUT2D eigenvalue weighted by Crippen LogP contribution is -2.56. The molecule has 3 aromatic rings. The molecule has 1 aliphatic heterocycles. The number of piperazine rings is 1. The van der Waals surface area contributed by atoms with Crippen LogP contribution >= 0.6 is 12.4 Å². The van der Waals surface area contributed by atoms with Crippen LogP contribution < -0.4 is 10.6 Å². The first-order valence-electron chi connectivity index (χ1n) is 17.0. The smallest absolute Gasteiger partial charge is 0.318 e. The Morgan fingerprint density at radius 1 is 0.857 bits per heavy atom. The van der Waals surface area contributed by atoms with Crippen molar-refractivity contribution < 1.29 is 29.0 Å². The van der Waals surface area contributed by atoms with Crippen LogP contribution in [0.1, 0.15) is 28.5 Å². The molecule has 8 nitrogen and oxygen atoms in total. The Hall–Kier alpha value is -3.66. The summed E-state index contributed by atoms with van der Waals surface area (Å²) in [4.78, 5) is 27.8. The third-order valence-electron chi connectivity index (χ3n) is 6.24. The molecule has 1 saturated heterocycles. The summed E-state index contributed by atoms with van der Waals surface area (Å²) in [6.45, 7) is -13.2. The first-order chi connectivity index (χ1) is 22.8. The van der Waals surface area contributed by atoms with Gasteiger partial charge in [0, 0.05) is 49.3 Å². The molecule has 0 bridgehead atoms. The van der Waals surface area contributed by atoms with Gasteiger partial charge in [0.05, 0.1) is 10.4 Å². The van der Waals surface area contributed by atoms with Crippen molar-refractivity contribution in [3.8, 4) is 0 Å². The molecule has 0 unspecified atom stereocenters. The molecule has 0 aromatic heterocycles. The summed E-state index contributed by atoms with van der Waals surface area (Å²) < 4.78 is 92.8. The number of hydrogen-bond acceptors (Lipinski definition) is 5. The zero-order valence-corrected chi connectivity index (χ0v) is 24.6. The fourth-order valence-electron chi connectivity index (χ4n) is 4.03. The largest absolute Gasteiger partial charge is 0.348 e. The number of aryl methyl sites for hydroxylation is 1. The van der Waals surface area contributed by atoms with Gasteiger partial charge in [0.25, 0.3) is 0 Å². The number of urea groups is 1. The van der Waals surface area contributed by atoms with E-state index in [1.54, 1.807) is 48.5 Å². The summed E-state index contributed by atoms with van der Waals surface area (Å²) in [6.07, 6.45) is 1.83. The Labute approximate surface area is 266 Å². The van der Waals surface area contributed by atoms with Crippen LogP contribution in [0.4, 0.5) is 4.79 Å². The minimum absolute atomic E-state index is 0. The first-order valence-corrected chi connectivity index (χ1v) is 14.6. The fourth-order valence-corrected chi connectivity index (χ4v) is 5.12. The zero-order chi connectivity index (χ0) is 36.3. The van der Waals surface area contributed by atoms with Gasteiger partial charge in [-0.3, -0.25) is 4.79 Å². The van der Waals surface area contributed by atoms with Gasteiger partial charge >= 0.3 is 6.03 Å². The molecule has 0 aliphatic carbocycles. The summed E-state index contributed by atoms with van der Waals surface area (Å²) >= 11 is 0. The van der Waals surface area contributed by atoms with E-state index in [1.165, 1.54) is 18.2 Å². The molecule has 1 fully saturated rings. The summed E-state index contributed by atoms with van der Waals surface area (Å²) in [5.41, 5.74) is 1.47. The van der Waals surface area contributed by atoms with E-state index in [0.29, 0.717) is 12.0 Å². The van der Waals surface area contributed by atoms with Gasteiger partial charge in [0.2, 0.25) is 5.91 Å². The number of amides is 3. The van der Waals surface area contributed by atoms with Gasteiger partial charge in [-0.2, -0.15) is 0 Å². The van der Waals surface area contributed by atoms with Gasteiger partial charge in [-0.05, 0) is 43.1 Å². The van der Waals surface area contributed by atoms with Gasteiger partial charge in [-0.1, -0.05) is 84.9 Å². The van der Waals surface area contributed by atoms with Crippen molar-refractivity contribution in [1.82, 2.24) is 20.4 Å². The molecule has 0 saturated carbocycles. The van der Waals surface area contributed by atoms with Crippen LogP contribution in [0.5, 0.6) is 0 Å². The maximum absolute atomic E-state index is 13.9. The Bertz CT molecular complexity index is 1730. The van der Waals surface area contributed by atoms with E-state index in [-0.39, 0.29) is 39.9 Å². The number of likely N-dealkylation sites (N-methyl/N-ethyl adjacent to an activating group) is 1. The number of carbonyl (C=O) groups excluding carboxylic acids is 2. The number of hydrogen-bond donors (Lipinski definition) is 2. The topological polar surface area (TPSA) is 98.8 Å². The molecule has 0 radical (unpaired) electrons. The lowest BCUT2D eigenvalue weighted by Gasteiger charge is -2.33. The van der Waals surface area contributed by atoms with Crippen molar-refractivity contribution in [2.75, 3.05) is 33.0 Å². The molecule has 3 aromatic carbocycles. The third kappa shape index (κ3) is 10.0. The van der Waals surface area contributed by atoms with E-state index >= 15 is 0 Å². The van der Waals surface area contributed by atoms with Crippen molar-refractivity contribution in [2.24, 2.45) is 0 Å². The number of nitrogens with one attached hydrogen (secondary N) is 2. The minimum atomic E-state index is -3.90. The molecule has 1 heterocycles. The summed E-state index contributed by atoms with van der Waals surface area (Å²) in [6, 6.07) is 21.4. The third-order valence-corrected chi connectivity index (χ3v) is 7.68. The monoisotopic (exact) mass is 618 g/mol. The van der Waals surface area contributed by atoms with Crippen LogP contribution in [0.3, 0.4) is 0 Å². The highest BCUT2D eigenvalue weighted by Gasteiger charge is 2.27. The zero-order valence-electron chi connectivity index (χ0n) is 30.9. The first kappa shape index (κ1) is 22.9. The highest BCUT2D eigenvalue weighted by atomic mass is 35.5. The second kappa shape index (κ2) is 16.1. The summed E-state index contributed by atoms with van der Waals surface area (Å²) in [5, 5.41) is 6.06. The minimum Gasteiger partial charge on any atom is -0.348 e. The standard InChI is InChI=1S/C32H38N4O4S.ClH/c1-35-20-22-36(23-21-35)32(38)34-30(25-27-13-7-3-8-14-27)31(37)33-28(18-17-26-11-5-2-6-12-26)19-24-41(39,40)29-15-9-4-10-16-29;/h2-16,19,24,28,30H,17-18,20-23,25H2,1H3,(H,33,37)(H,34,38);1H/b24-19+;/t28-,30-;/m0./s1/i20D2,21D2,22D2,23D2;. The average Bonchev–Trinajstić information content (AvgIpc) is 3.05. The molecule has 42 heavy (non-hydrogen) atoms. The molecule has 1 aliphatic rings. The van der Waals surface area contributed by atoms with Crippen molar-refractivity contribution in [3.63, 3.8) is 0 Å². The van der Waals surface area contributed by atoms with Crippen molar-refractivity contribution in [3.05, 3.63) is 114 Å². The Morgan fingerprint density at radius 3 is 2.00 bits per heavy atom. The molecule has 4 rings (SSSR count). The highest BCUT2D eigenvalue weighted by molar-refractivity contribution is 7.94. The van der Waals surface area contributed by atoms with Crippen LogP contribution in [-0.4, -0.2) is 75.3 Å². The number of halogens is 1. The van der Waals surface area contributed by atoms with Crippen LogP contribution in [-0.2, 0) is 27.5 Å². The highest BCUT2D eigenvalue weighted by Crippen LogP contribution is 2.14. The summed E-state index contributed by atoms with van der Waals surface area (Å²) in [5.74, 6) is -0.821. The van der Waals surface area contributed by atoms with Gasteiger partial charge < -0.3 is 20.4 Å². The number of rotatable bonds is 11. The van der Waals surface area contributed by atoms with Gasteiger partial charge in [-0.15, -0.1) is 12.4 Å². The molecule has 10 heteroatoms. The van der Waals surface area contributed by atoms with Crippen LogP contribution in [0.15, 0.2) is 107 Å². The van der Waals surface area contributed by atoms with Crippen LogP contribution in [0.2, 0.25) is 0 Å². The number of carbonyl (C=O) groups is 2. The maximum Gasteiger partial charge on any atom is 0.318 e. The Balaban J connectivity index is 0.00000676. The van der Waals surface area contributed by atoms with Crippen LogP contribution in [0.25, 0.3) is 0 Å². The molecular formula is C32H39ClN4O4S. The molecule has 2 atom stereocenters. The average molecular weight is 619 g/mol. The quantitative estimate of drug-likeness (QED) is 0.337. The van der Waals surface area contributed by atoms with Crippen molar-refractivity contribution in [2.45, 2.75) is 36.2 Å². The van der Waals surface area contributed by atoms with Crippen molar-refractivity contribution in [1.29, 1.82) is 0 Å². The fraction of sp³-hybridized carbons (Fsp3) is 0.312. The lowest BCUT2D eigenvalue weighted by molar-refractivity contribution is -0.123. The van der Waals surface area contributed by atoms with E-state index in [0.717, 1.165) is 18.0 Å². The lowest BCUT2D eigenvalue weighted by atomic mass is 10.0. The van der Waals surface area contributed by atoms with E-state index in [9.17, 15) is 18.0 Å². The van der Waals surface area contributed by atoms with Gasteiger partial charge in [0.1, 0.15) is 6.04 Å². The summed E-state index contributed by atoms with van der Waals surface area (Å²) in [7, 11) is -3.02. The van der Waals surface area contributed by atoms with E-state index < -0.39 is 59.8 Å². The number of sulfone groups is 1. The normalized spacial score (nSPS) is 23.0. The predicted molar refractivity (Wildman–Crippen MR) is 168 cm³/mol. The number of nitrogens with zero attached hydrogens (tertiary/aromatic N) is 2. The van der Waals surface area contributed by atoms with Crippen LogP contribution in [0, 0.1) is 0 Å². The Morgan fingerprint density at radius 2 is 1.40 bits per heavy atom. The molecule has 224 valence electrons. The number of benzene rings is 3. The maximum atomic E-state index is 13.9. The second-order valence-electron chi connectivity index (χ2n) is 9.36. The van der Waals surface area contributed by atoms with Gasteiger partial charge in [0.15, 0.2) is 9.84 Å². The predicted octanol–water partition coefficient (Wildman–Crippen LogP) is 4.08. The van der Waals surface area contributed by atoms with Crippen molar-refractivity contribution >= 4 is 34.2 Å². The molecule has 0 spiro atoms. The van der Waals surface area contributed by atoms with E-state index in [2.05, 4.69) is 10.6 Å². The molecule has 2 N–H and O–H groups in total. The second-order valence-corrected chi connectivity index (χ2v) is 11.2. The Kier molecular flexibility index (Phi) is 8.77.